The summed E-state index contributed by atoms with van der Waals surface area (Å²) in [5.41, 5.74) is -0.749. The molecule has 0 aliphatic rings. The van der Waals surface area contributed by atoms with Gasteiger partial charge in [-0.15, -0.1) is 0 Å². The number of aliphatic carboxylic acids is 2. The molecule has 0 aliphatic carbocycles. The van der Waals surface area contributed by atoms with Crippen molar-refractivity contribution in [3.8, 4) is 0 Å². The molecular formula is C12H12Na2O7S. The van der Waals surface area contributed by atoms with Crippen molar-refractivity contribution >= 4 is 28.1 Å². The fraction of sp³-hybridized carbons (Fsp3) is 0. The summed E-state index contributed by atoms with van der Waals surface area (Å²) in [6, 6.07) is 7.70. The number of rotatable bonds is 5. The molecule has 0 radical (unpaired) electrons. The van der Waals surface area contributed by atoms with Gasteiger partial charge in [0.15, 0.2) is 0 Å². The van der Waals surface area contributed by atoms with E-state index in [1.165, 1.54) is 12.1 Å². The Hall–Kier alpha value is -0.450. The van der Waals surface area contributed by atoms with Crippen molar-refractivity contribution < 1.29 is 94.7 Å². The Labute approximate surface area is 174 Å². The second kappa shape index (κ2) is 10.3. The van der Waals surface area contributed by atoms with Crippen LogP contribution in [0.5, 0.6) is 0 Å². The van der Waals surface area contributed by atoms with E-state index < -0.39 is 32.5 Å². The second-order valence-corrected chi connectivity index (χ2v) is 4.99. The van der Waals surface area contributed by atoms with Gasteiger partial charge in [0.05, 0.1) is 5.57 Å². The molecule has 0 saturated heterocycles. The molecule has 7 nitrogen and oxygen atoms in total. The summed E-state index contributed by atoms with van der Waals surface area (Å²) in [6.07, 6.45) is 1.07. The molecule has 22 heavy (non-hydrogen) atoms. The van der Waals surface area contributed by atoms with Crippen LogP contribution >= 0.6 is 0 Å². The van der Waals surface area contributed by atoms with Gasteiger partial charge in [0.2, 0.25) is 0 Å². The van der Waals surface area contributed by atoms with Crippen LogP contribution in [-0.4, -0.2) is 35.1 Å². The maximum absolute atomic E-state index is 11.3. The van der Waals surface area contributed by atoms with Crippen molar-refractivity contribution in [3.05, 3.63) is 52.4 Å². The SMILES string of the molecule is O=C(O)/C=C(\C(=O)O)C(=Cc1ccccc1)S(=O)(=O)O.[H-].[H-].[Na+].[Na+]. The Morgan fingerprint density at radius 1 is 1.05 bits per heavy atom. The number of hydrogen-bond donors (Lipinski definition) is 3. The Kier molecular flexibility index (Phi) is 11.2. The van der Waals surface area contributed by atoms with Gasteiger partial charge < -0.3 is 13.1 Å². The summed E-state index contributed by atoms with van der Waals surface area (Å²) in [7, 11) is -4.90. The summed E-state index contributed by atoms with van der Waals surface area (Å²) < 4.78 is 31.6. The van der Waals surface area contributed by atoms with Gasteiger partial charge >= 0.3 is 71.1 Å². The summed E-state index contributed by atoms with van der Waals surface area (Å²) >= 11 is 0. The standard InChI is InChI=1S/C12H10O7S.2Na.2H/c13-11(14)7-9(12(15)16)10(20(17,18)19)6-8-4-2-1-3-5-8;;;;/h1-7H,(H,13,14)(H,15,16)(H,17,18,19);;;;/q;2*+1;2*-1/b9-7-,10-6?;;;;. The summed E-state index contributed by atoms with van der Waals surface area (Å²) in [6.45, 7) is 0. The van der Waals surface area contributed by atoms with Crippen LogP contribution in [0, 0.1) is 0 Å². The first-order valence-corrected chi connectivity index (χ1v) is 6.58. The monoisotopic (exact) mass is 346 g/mol. The van der Waals surface area contributed by atoms with Crippen LogP contribution in [0.15, 0.2) is 46.9 Å². The minimum atomic E-state index is -4.90. The normalized spacial score (nSPS) is 11.9. The Morgan fingerprint density at radius 3 is 1.91 bits per heavy atom. The Balaban J connectivity index is -0.000000500. The molecule has 0 aliphatic heterocycles. The van der Waals surface area contributed by atoms with E-state index in [9.17, 15) is 18.0 Å². The van der Waals surface area contributed by atoms with Crippen LogP contribution in [0.3, 0.4) is 0 Å². The van der Waals surface area contributed by atoms with Crippen LogP contribution in [0.4, 0.5) is 0 Å². The van der Waals surface area contributed by atoms with E-state index in [1.807, 2.05) is 0 Å². The number of carbonyl (C=O) groups is 2. The van der Waals surface area contributed by atoms with E-state index in [0.29, 0.717) is 0 Å². The molecule has 1 aromatic carbocycles. The van der Waals surface area contributed by atoms with Crippen molar-refractivity contribution in [2.45, 2.75) is 0 Å². The van der Waals surface area contributed by atoms with Crippen molar-refractivity contribution in [1.29, 1.82) is 0 Å². The van der Waals surface area contributed by atoms with E-state index >= 15 is 0 Å². The number of carboxylic acids is 2. The molecule has 0 fully saturated rings. The van der Waals surface area contributed by atoms with Crippen LogP contribution in [0.1, 0.15) is 8.42 Å². The second-order valence-electron chi connectivity index (χ2n) is 3.60. The Bertz CT molecular complexity index is 703. The summed E-state index contributed by atoms with van der Waals surface area (Å²) in [5.74, 6) is -3.43. The molecule has 0 amide bonds. The third-order valence-electron chi connectivity index (χ3n) is 2.14. The third kappa shape index (κ3) is 7.70. The summed E-state index contributed by atoms with van der Waals surface area (Å²) in [4.78, 5) is 20.5. The van der Waals surface area contributed by atoms with Crippen molar-refractivity contribution in [1.82, 2.24) is 0 Å². The molecule has 0 spiro atoms. The van der Waals surface area contributed by atoms with Gasteiger partial charge in [-0.1, -0.05) is 30.3 Å². The zero-order chi connectivity index (χ0) is 15.3. The average Bonchev–Trinajstić information content (AvgIpc) is 2.33. The van der Waals surface area contributed by atoms with E-state index in [2.05, 4.69) is 0 Å². The number of benzene rings is 1. The van der Waals surface area contributed by atoms with E-state index in [4.69, 9.17) is 14.8 Å². The fourth-order valence-electron chi connectivity index (χ4n) is 1.35. The molecule has 0 bridgehead atoms. The Morgan fingerprint density at radius 2 is 1.55 bits per heavy atom. The van der Waals surface area contributed by atoms with Gasteiger partial charge in [-0.2, -0.15) is 8.42 Å². The van der Waals surface area contributed by atoms with Gasteiger partial charge in [0.25, 0.3) is 10.1 Å². The first-order valence-electron chi connectivity index (χ1n) is 5.14. The van der Waals surface area contributed by atoms with Crippen LogP contribution < -0.4 is 59.1 Å². The van der Waals surface area contributed by atoms with Crippen LogP contribution in [-0.2, 0) is 19.7 Å². The molecule has 0 unspecified atom stereocenters. The van der Waals surface area contributed by atoms with E-state index in [1.54, 1.807) is 18.2 Å². The predicted octanol–water partition coefficient (Wildman–Crippen LogP) is -4.76. The van der Waals surface area contributed by atoms with Crippen molar-refractivity contribution in [2.75, 3.05) is 0 Å². The number of carboxylic acid groups (broad SMARTS) is 2. The van der Waals surface area contributed by atoms with E-state index in [-0.39, 0.29) is 73.6 Å². The third-order valence-corrected chi connectivity index (χ3v) is 3.03. The zero-order valence-corrected chi connectivity index (χ0v) is 16.7. The largest absolute Gasteiger partial charge is 1.00 e. The zero-order valence-electron chi connectivity index (χ0n) is 13.9. The molecule has 3 N–H and O–H groups in total. The molecule has 0 saturated carbocycles. The molecular weight excluding hydrogens is 334 g/mol. The quantitative estimate of drug-likeness (QED) is 0.211. The molecule has 10 heteroatoms. The molecule has 1 aromatic rings. The maximum Gasteiger partial charge on any atom is 1.00 e. The van der Waals surface area contributed by atoms with Crippen LogP contribution in [0.2, 0.25) is 0 Å². The van der Waals surface area contributed by atoms with Gasteiger partial charge in [-0.05, 0) is 11.6 Å². The van der Waals surface area contributed by atoms with Gasteiger partial charge in [-0.3, -0.25) is 4.55 Å². The average molecular weight is 346 g/mol. The van der Waals surface area contributed by atoms with Gasteiger partial charge in [0, 0.05) is 6.08 Å². The molecule has 0 aromatic heterocycles. The van der Waals surface area contributed by atoms with Gasteiger partial charge in [0.1, 0.15) is 4.91 Å². The van der Waals surface area contributed by atoms with Gasteiger partial charge in [-0.25, -0.2) is 9.59 Å². The summed E-state index contributed by atoms with van der Waals surface area (Å²) in [5, 5.41) is 17.5. The molecule has 1 rings (SSSR count). The topological polar surface area (TPSA) is 129 Å². The minimum Gasteiger partial charge on any atom is -1.00 e. The maximum atomic E-state index is 11.3. The number of hydrogen-bond acceptors (Lipinski definition) is 4. The minimum absolute atomic E-state index is 0. The van der Waals surface area contributed by atoms with Crippen molar-refractivity contribution in [2.24, 2.45) is 0 Å². The predicted molar refractivity (Wildman–Crippen MR) is 71.5 cm³/mol. The molecule has 110 valence electrons. The van der Waals surface area contributed by atoms with E-state index in [0.717, 1.165) is 6.08 Å². The first-order chi connectivity index (χ1) is 9.21. The first kappa shape index (κ1) is 23.8. The molecule has 0 heterocycles. The van der Waals surface area contributed by atoms with Crippen LogP contribution in [0.25, 0.3) is 6.08 Å². The molecule has 0 atom stereocenters. The van der Waals surface area contributed by atoms with Crippen molar-refractivity contribution in [3.63, 3.8) is 0 Å². The fourth-order valence-corrected chi connectivity index (χ4v) is 2.06. The smallest absolute Gasteiger partial charge is 1.00 e.